The zero-order chi connectivity index (χ0) is 24.3. The minimum absolute atomic E-state index is 0.00361. The van der Waals surface area contributed by atoms with E-state index in [0.717, 1.165) is 23.3 Å². The van der Waals surface area contributed by atoms with Gasteiger partial charge >= 0.3 is 17.9 Å². The van der Waals surface area contributed by atoms with E-state index >= 15 is 0 Å². The Balaban J connectivity index is 1.57. The summed E-state index contributed by atoms with van der Waals surface area (Å²) in [5, 5.41) is 19.1. The molecule has 9 heteroatoms. The second kappa shape index (κ2) is 12.1. The van der Waals surface area contributed by atoms with E-state index in [2.05, 4.69) is 0 Å². The first-order valence-electron chi connectivity index (χ1n) is 10.7. The van der Waals surface area contributed by atoms with Gasteiger partial charge in [0.1, 0.15) is 13.2 Å². The van der Waals surface area contributed by atoms with Crippen molar-refractivity contribution in [3.05, 3.63) is 83.9 Å². The summed E-state index contributed by atoms with van der Waals surface area (Å²) in [6, 6.07) is 20.4. The highest BCUT2D eigenvalue weighted by atomic mass is 16.7. The molecule has 2 aromatic carbocycles. The number of aromatic hydroxyl groups is 2. The largest absolute Gasteiger partial charge is 0.492 e. The summed E-state index contributed by atoms with van der Waals surface area (Å²) in [5.41, 5.74) is 1.53. The third kappa shape index (κ3) is 7.13. The molecule has 2 N–H and O–H groups in total. The predicted octanol–water partition coefficient (Wildman–Crippen LogP) is 3.13. The van der Waals surface area contributed by atoms with Gasteiger partial charge in [-0.1, -0.05) is 60.7 Å². The number of esters is 2. The average molecular weight is 467 g/mol. The van der Waals surface area contributed by atoms with Gasteiger partial charge in [0.25, 0.3) is 0 Å². The lowest BCUT2D eigenvalue weighted by atomic mass is 10.0. The van der Waals surface area contributed by atoms with Crippen LogP contribution in [0.2, 0.25) is 0 Å². The van der Waals surface area contributed by atoms with Gasteiger partial charge in [-0.2, -0.15) is 0 Å². The van der Waals surface area contributed by atoms with Crippen molar-refractivity contribution in [3.8, 4) is 11.8 Å². The molecule has 0 aliphatic carbocycles. The van der Waals surface area contributed by atoms with Crippen molar-refractivity contribution in [3.63, 3.8) is 0 Å². The Morgan fingerprint density at radius 3 is 1.68 bits per heavy atom. The van der Waals surface area contributed by atoms with E-state index < -0.39 is 35.6 Å². The van der Waals surface area contributed by atoms with Gasteiger partial charge in [0, 0.05) is 18.6 Å². The van der Waals surface area contributed by atoms with Gasteiger partial charge in [-0.3, -0.25) is 9.59 Å². The molecule has 9 nitrogen and oxygen atoms in total. The smallest absolute Gasteiger partial charge is 0.333 e. The highest BCUT2D eigenvalue weighted by Crippen LogP contribution is 2.20. The molecule has 1 heterocycles. The van der Waals surface area contributed by atoms with Crippen molar-refractivity contribution in [2.24, 2.45) is 5.92 Å². The first kappa shape index (κ1) is 24.4. The van der Waals surface area contributed by atoms with Crippen LogP contribution in [0.4, 0.5) is 0 Å². The van der Waals surface area contributed by atoms with Crippen LogP contribution < -0.4 is 4.84 Å². The maximum absolute atomic E-state index is 12.7. The zero-order valence-electron chi connectivity index (χ0n) is 18.3. The summed E-state index contributed by atoms with van der Waals surface area (Å²) in [5.74, 6) is -4.40. The van der Waals surface area contributed by atoms with Gasteiger partial charge in [-0.05, 0) is 24.0 Å². The van der Waals surface area contributed by atoms with Gasteiger partial charge < -0.3 is 24.5 Å². The van der Waals surface area contributed by atoms with E-state index in [1.165, 1.54) is 0 Å². The molecule has 178 valence electrons. The number of carbonyl (C=O) groups is 3. The Morgan fingerprint density at radius 1 is 0.735 bits per heavy atom. The average Bonchev–Trinajstić information content (AvgIpc) is 3.17. The van der Waals surface area contributed by atoms with Crippen LogP contribution in [-0.4, -0.2) is 32.9 Å². The van der Waals surface area contributed by atoms with Gasteiger partial charge in [0.2, 0.25) is 11.8 Å². The van der Waals surface area contributed by atoms with Crippen LogP contribution in [0.25, 0.3) is 0 Å². The Bertz CT molecular complexity index is 1020. The second-order valence-electron chi connectivity index (χ2n) is 7.44. The third-order valence-electron chi connectivity index (χ3n) is 4.88. The van der Waals surface area contributed by atoms with Crippen molar-refractivity contribution in [2.45, 2.75) is 32.5 Å². The molecule has 3 aromatic rings. The van der Waals surface area contributed by atoms with E-state index in [4.69, 9.17) is 14.3 Å². The predicted molar refractivity (Wildman–Crippen MR) is 119 cm³/mol. The number of carbonyl (C=O) groups excluding carboxylic acids is 3. The van der Waals surface area contributed by atoms with Gasteiger partial charge in [-0.15, -0.1) is 4.73 Å². The highest BCUT2D eigenvalue weighted by molar-refractivity contribution is 5.94. The van der Waals surface area contributed by atoms with Crippen LogP contribution in [0, 0.1) is 5.92 Å². The Hall–Kier alpha value is -4.27. The summed E-state index contributed by atoms with van der Waals surface area (Å²) in [4.78, 5) is 42.3. The zero-order valence-corrected chi connectivity index (χ0v) is 18.3. The lowest BCUT2D eigenvalue weighted by molar-refractivity contribution is -0.164. The van der Waals surface area contributed by atoms with Gasteiger partial charge in [-0.25, -0.2) is 4.79 Å². The van der Waals surface area contributed by atoms with E-state index in [1.54, 1.807) is 48.5 Å². The van der Waals surface area contributed by atoms with Crippen molar-refractivity contribution >= 4 is 17.9 Å². The fraction of sp³-hybridized carbons (Fsp3) is 0.240. The van der Waals surface area contributed by atoms with E-state index in [-0.39, 0.29) is 32.5 Å². The summed E-state index contributed by atoms with van der Waals surface area (Å²) < 4.78 is 11.2. The topological polar surface area (TPSA) is 124 Å². The maximum Gasteiger partial charge on any atom is 0.333 e. The van der Waals surface area contributed by atoms with Crippen LogP contribution in [-0.2, 0) is 37.1 Å². The lowest BCUT2D eigenvalue weighted by Gasteiger charge is -2.15. The van der Waals surface area contributed by atoms with E-state index in [0.29, 0.717) is 4.73 Å². The number of ether oxygens (including phenoxy) is 2. The lowest BCUT2D eigenvalue weighted by Crippen LogP contribution is -2.28. The van der Waals surface area contributed by atoms with Crippen LogP contribution >= 0.6 is 0 Å². The number of benzene rings is 2. The van der Waals surface area contributed by atoms with Crippen molar-refractivity contribution in [2.75, 3.05) is 0 Å². The molecule has 0 saturated heterocycles. The molecule has 0 fully saturated rings. The number of nitrogens with zero attached hydrogens (tertiary/aromatic N) is 1. The number of hydrogen-bond donors (Lipinski definition) is 2. The molecule has 0 aliphatic heterocycles. The fourth-order valence-electron chi connectivity index (χ4n) is 3.08. The quantitative estimate of drug-likeness (QED) is 0.326. The molecule has 0 radical (unpaired) electrons. The molecule has 34 heavy (non-hydrogen) atoms. The molecule has 0 saturated carbocycles. The normalized spacial score (nSPS) is 10.6. The summed E-state index contributed by atoms with van der Waals surface area (Å²) >= 11 is 0. The second-order valence-corrected chi connectivity index (χ2v) is 7.44. The molecule has 1 aromatic heterocycles. The molecule has 3 rings (SSSR count). The highest BCUT2D eigenvalue weighted by Gasteiger charge is 2.30. The van der Waals surface area contributed by atoms with Crippen LogP contribution in [0.1, 0.15) is 30.4 Å². The SMILES string of the molecule is O=C(CCCC(C(=O)OCc1ccccc1)C(=O)OCc1ccccc1)On1c(O)ccc1O. The molecule has 0 atom stereocenters. The summed E-state index contributed by atoms with van der Waals surface area (Å²) in [7, 11) is 0. The molecule has 0 bridgehead atoms. The van der Waals surface area contributed by atoms with Gasteiger partial charge in [0.05, 0.1) is 0 Å². The minimum Gasteiger partial charge on any atom is -0.492 e. The van der Waals surface area contributed by atoms with Crippen LogP contribution in [0.5, 0.6) is 11.8 Å². The van der Waals surface area contributed by atoms with E-state index in [9.17, 15) is 24.6 Å². The third-order valence-corrected chi connectivity index (χ3v) is 4.88. The monoisotopic (exact) mass is 467 g/mol. The van der Waals surface area contributed by atoms with Crippen molar-refractivity contribution < 1.29 is 38.9 Å². The molecule has 0 amide bonds. The molecule has 0 spiro atoms. The molecule has 0 aliphatic rings. The summed E-state index contributed by atoms with van der Waals surface area (Å²) in [6.45, 7) is -0.00722. The fourth-order valence-corrected chi connectivity index (χ4v) is 3.08. The first-order chi connectivity index (χ1) is 16.4. The van der Waals surface area contributed by atoms with E-state index in [1.807, 2.05) is 12.1 Å². The molecule has 0 unspecified atom stereocenters. The number of rotatable bonds is 11. The number of hydrogen-bond acceptors (Lipinski definition) is 8. The standard InChI is InChI=1S/C25H25NO8/c27-21-14-15-22(28)26(21)34-23(29)13-7-12-20(24(30)32-16-18-8-3-1-4-9-18)25(31)33-17-19-10-5-2-6-11-19/h1-6,8-11,14-15,20,27-28H,7,12-13,16-17H2. The minimum atomic E-state index is -1.23. The first-order valence-corrected chi connectivity index (χ1v) is 10.7. The molecular formula is C25H25NO8. The summed E-state index contributed by atoms with van der Waals surface area (Å²) in [6.07, 6.45) is -0.0847. The Kier molecular flexibility index (Phi) is 8.67. The van der Waals surface area contributed by atoms with Gasteiger partial charge in [0.15, 0.2) is 5.92 Å². The van der Waals surface area contributed by atoms with Crippen molar-refractivity contribution in [1.29, 1.82) is 0 Å². The van der Waals surface area contributed by atoms with Crippen LogP contribution in [0.15, 0.2) is 72.8 Å². The molecular weight excluding hydrogens is 442 g/mol. The maximum atomic E-state index is 12.7. The number of aromatic nitrogens is 1. The van der Waals surface area contributed by atoms with Crippen LogP contribution in [0.3, 0.4) is 0 Å². The van der Waals surface area contributed by atoms with Crippen molar-refractivity contribution in [1.82, 2.24) is 4.73 Å². The Labute approximate surface area is 196 Å². The Morgan fingerprint density at radius 2 is 1.21 bits per heavy atom.